The lowest BCUT2D eigenvalue weighted by Crippen LogP contribution is -2.47. The molecule has 5 nitrogen and oxygen atoms in total. The predicted octanol–water partition coefficient (Wildman–Crippen LogP) is 1.87. The maximum Gasteiger partial charge on any atom is 0.252 e. The highest BCUT2D eigenvalue weighted by atomic mass is 16.1. The van der Waals surface area contributed by atoms with Crippen molar-refractivity contribution >= 4 is 11.7 Å². The Bertz CT molecular complexity index is 507. The van der Waals surface area contributed by atoms with Crippen LogP contribution >= 0.6 is 0 Å². The zero-order valence-electron chi connectivity index (χ0n) is 12.3. The molecule has 1 aliphatic carbocycles. The average molecular weight is 276 g/mol. The van der Waals surface area contributed by atoms with Crippen molar-refractivity contribution in [3.63, 3.8) is 0 Å². The van der Waals surface area contributed by atoms with Gasteiger partial charge >= 0.3 is 0 Å². The van der Waals surface area contributed by atoms with Crippen molar-refractivity contribution in [1.29, 1.82) is 0 Å². The molecule has 0 aliphatic heterocycles. The Kier molecular flexibility index (Phi) is 4.28. The molecule has 0 atom stereocenters. The van der Waals surface area contributed by atoms with E-state index in [1.807, 2.05) is 19.9 Å². The topological polar surface area (TPSA) is 94.0 Å². The van der Waals surface area contributed by atoms with Crippen LogP contribution < -0.4 is 16.8 Å². The molecule has 0 radical (unpaired) electrons. The molecule has 0 unspecified atom stereocenters. The molecule has 110 valence electrons. The Morgan fingerprint density at radius 3 is 2.55 bits per heavy atom. The first-order valence-electron chi connectivity index (χ1n) is 7.24. The molecule has 0 saturated heterocycles. The SMILES string of the molecule is Cc1cc(C)c(C(N)=O)c(NC2(CN)CCCCC2)n1. The third-order valence-corrected chi connectivity index (χ3v) is 4.18. The average Bonchev–Trinajstić information content (AvgIpc) is 2.38. The molecule has 1 fully saturated rings. The van der Waals surface area contributed by atoms with E-state index in [2.05, 4.69) is 10.3 Å². The number of carbonyl (C=O) groups is 1. The molecule has 0 aromatic carbocycles. The summed E-state index contributed by atoms with van der Waals surface area (Å²) in [6, 6.07) is 1.88. The van der Waals surface area contributed by atoms with E-state index in [4.69, 9.17) is 11.5 Å². The lowest BCUT2D eigenvalue weighted by atomic mass is 9.81. The van der Waals surface area contributed by atoms with Gasteiger partial charge in [0, 0.05) is 12.2 Å². The van der Waals surface area contributed by atoms with E-state index >= 15 is 0 Å². The highest BCUT2D eigenvalue weighted by Gasteiger charge is 2.32. The molecule has 1 aliphatic rings. The van der Waals surface area contributed by atoms with Crippen LogP contribution in [0.25, 0.3) is 0 Å². The Morgan fingerprint density at radius 1 is 1.35 bits per heavy atom. The lowest BCUT2D eigenvalue weighted by molar-refractivity contribution is 0.1000. The number of aryl methyl sites for hydroxylation is 2. The molecule has 0 bridgehead atoms. The fraction of sp³-hybridized carbons (Fsp3) is 0.600. The summed E-state index contributed by atoms with van der Waals surface area (Å²) in [7, 11) is 0. The molecule has 1 aromatic heterocycles. The monoisotopic (exact) mass is 276 g/mol. The quantitative estimate of drug-likeness (QED) is 0.782. The van der Waals surface area contributed by atoms with Crippen molar-refractivity contribution in [3.05, 3.63) is 22.9 Å². The Morgan fingerprint density at radius 2 is 2.00 bits per heavy atom. The van der Waals surface area contributed by atoms with Gasteiger partial charge in [0.1, 0.15) is 5.82 Å². The summed E-state index contributed by atoms with van der Waals surface area (Å²) in [5, 5.41) is 3.44. The zero-order valence-corrected chi connectivity index (χ0v) is 12.3. The van der Waals surface area contributed by atoms with Crippen molar-refractivity contribution in [3.8, 4) is 0 Å². The first kappa shape index (κ1) is 14.8. The second-order valence-electron chi connectivity index (χ2n) is 5.84. The van der Waals surface area contributed by atoms with Gasteiger partial charge in [-0.1, -0.05) is 19.3 Å². The van der Waals surface area contributed by atoms with Crippen LogP contribution in [0.4, 0.5) is 5.82 Å². The lowest BCUT2D eigenvalue weighted by Gasteiger charge is -2.38. The normalized spacial score (nSPS) is 17.8. The number of nitrogens with zero attached hydrogens (tertiary/aromatic N) is 1. The molecular weight excluding hydrogens is 252 g/mol. The van der Waals surface area contributed by atoms with E-state index in [-0.39, 0.29) is 5.54 Å². The second kappa shape index (κ2) is 5.79. The molecule has 1 saturated carbocycles. The molecule has 5 N–H and O–H groups in total. The molecule has 1 heterocycles. The molecular formula is C15H24N4O. The molecule has 1 aromatic rings. The van der Waals surface area contributed by atoms with Gasteiger partial charge in [-0.15, -0.1) is 0 Å². The van der Waals surface area contributed by atoms with Gasteiger partial charge in [0.15, 0.2) is 0 Å². The number of anilines is 1. The Hall–Kier alpha value is -1.62. The van der Waals surface area contributed by atoms with Crippen LogP contribution in [-0.4, -0.2) is 23.0 Å². The maximum absolute atomic E-state index is 11.7. The Labute approximate surface area is 120 Å². The molecule has 20 heavy (non-hydrogen) atoms. The van der Waals surface area contributed by atoms with Gasteiger partial charge in [0.05, 0.1) is 11.1 Å². The number of carbonyl (C=O) groups excluding carboxylic acids is 1. The van der Waals surface area contributed by atoms with Gasteiger partial charge in [0.25, 0.3) is 5.91 Å². The number of hydrogen-bond donors (Lipinski definition) is 3. The van der Waals surface area contributed by atoms with E-state index in [0.29, 0.717) is 17.9 Å². The van der Waals surface area contributed by atoms with Gasteiger partial charge in [0.2, 0.25) is 0 Å². The highest BCUT2D eigenvalue weighted by molar-refractivity contribution is 5.99. The van der Waals surface area contributed by atoms with Crippen LogP contribution in [0.1, 0.15) is 53.7 Å². The zero-order chi connectivity index (χ0) is 14.8. The number of nitrogens with two attached hydrogens (primary N) is 2. The maximum atomic E-state index is 11.7. The standard InChI is InChI=1S/C15H24N4O/c1-10-8-11(2)18-14(12(10)13(17)20)19-15(9-16)6-4-3-5-7-15/h8H,3-7,9,16H2,1-2H3,(H2,17,20)(H,18,19). The minimum absolute atomic E-state index is 0.157. The first-order valence-corrected chi connectivity index (χ1v) is 7.24. The number of nitrogens with one attached hydrogen (secondary N) is 1. The molecule has 5 heteroatoms. The number of aromatic nitrogens is 1. The summed E-state index contributed by atoms with van der Waals surface area (Å²) in [5.74, 6) is 0.142. The third kappa shape index (κ3) is 2.93. The van der Waals surface area contributed by atoms with Crippen LogP contribution in [0, 0.1) is 13.8 Å². The predicted molar refractivity (Wildman–Crippen MR) is 80.7 cm³/mol. The number of hydrogen-bond acceptors (Lipinski definition) is 4. The molecule has 0 spiro atoms. The van der Waals surface area contributed by atoms with E-state index in [0.717, 1.165) is 36.9 Å². The van der Waals surface area contributed by atoms with Crippen molar-refractivity contribution in [2.24, 2.45) is 11.5 Å². The van der Waals surface area contributed by atoms with Crippen molar-refractivity contribution < 1.29 is 4.79 Å². The van der Waals surface area contributed by atoms with E-state index in [9.17, 15) is 4.79 Å². The number of primary amides is 1. The third-order valence-electron chi connectivity index (χ3n) is 4.18. The van der Waals surface area contributed by atoms with Crippen LogP contribution in [0.5, 0.6) is 0 Å². The fourth-order valence-corrected chi connectivity index (χ4v) is 3.10. The van der Waals surface area contributed by atoms with E-state index in [1.165, 1.54) is 6.42 Å². The summed E-state index contributed by atoms with van der Waals surface area (Å²) < 4.78 is 0. The van der Waals surface area contributed by atoms with E-state index < -0.39 is 5.91 Å². The summed E-state index contributed by atoms with van der Waals surface area (Å²) in [5.41, 5.74) is 13.5. The summed E-state index contributed by atoms with van der Waals surface area (Å²) in [6.45, 7) is 4.34. The van der Waals surface area contributed by atoms with Gasteiger partial charge in [-0.2, -0.15) is 0 Å². The minimum Gasteiger partial charge on any atom is -0.365 e. The van der Waals surface area contributed by atoms with E-state index in [1.54, 1.807) is 0 Å². The largest absolute Gasteiger partial charge is 0.365 e. The summed E-state index contributed by atoms with van der Waals surface area (Å²) in [6.07, 6.45) is 5.57. The smallest absolute Gasteiger partial charge is 0.252 e. The summed E-state index contributed by atoms with van der Waals surface area (Å²) >= 11 is 0. The van der Waals surface area contributed by atoms with Crippen LogP contribution in [0.15, 0.2) is 6.07 Å². The van der Waals surface area contributed by atoms with Gasteiger partial charge < -0.3 is 16.8 Å². The van der Waals surface area contributed by atoms with Crippen LogP contribution in [-0.2, 0) is 0 Å². The van der Waals surface area contributed by atoms with Crippen LogP contribution in [0.3, 0.4) is 0 Å². The second-order valence-corrected chi connectivity index (χ2v) is 5.84. The number of amides is 1. The van der Waals surface area contributed by atoms with Crippen molar-refractivity contribution in [2.75, 3.05) is 11.9 Å². The van der Waals surface area contributed by atoms with Gasteiger partial charge in [-0.05, 0) is 38.3 Å². The molecule has 1 amide bonds. The summed E-state index contributed by atoms with van der Waals surface area (Å²) in [4.78, 5) is 16.2. The number of rotatable bonds is 4. The van der Waals surface area contributed by atoms with Crippen LogP contribution in [0.2, 0.25) is 0 Å². The van der Waals surface area contributed by atoms with Gasteiger partial charge in [-0.3, -0.25) is 4.79 Å². The number of pyridine rings is 1. The van der Waals surface area contributed by atoms with Gasteiger partial charge in [-0.25, -0.2) is 4.98 Å². The van der Waals surface area contributed by atoms with Crippen molar-refractivity contribution in [1.82, 2.24) is 4.98 Å². The highest BCUT2D eigenvalue weighted by Crippen LogP contribution is 2.32. The van der Waals surface area contributed by atoms with Crippen molar-refractivity contribution in [2.45, 2.75) is 51.5 Å². The molecule has 2 rings (SSSR count). The Balaban J connectivity index is 2.38. The fourth-order valence-electron chi connectivity index (χ4n) is 3.10. The first-order chi connectivity index (χ1) is 9.47. The minimum atomic E-state index is -0.444.